The van der Waals surface area contributed by atoms with Gasteiger partial charge in [-0.1, -0.05) is 26.8 Å². The maximum absolute atomic E-state index is 4.21. The van der Waals surface area contributed by atoms with Gasteiger partial charge >= 0.3 is 0 Å². The molecule has 1 aliphatic rings. The molecule has 0 amide bonds. The first-order chi connectivity index (χ1) is 5.58. The minimum Gasteiger partial charge on any atom is -0.375 e. The van der Waals surface area contributed by atoms with E-state index in [-0.39, 0.29) is 0 Å². The van der Waals surface area contributed by atoms with Crippen molar-refractivity contribution in [3.8, 4) is 0 Å². The molecule has 0 unspecified atom stereocenters. The zero-order valence-electron chi connectivity index (χ0n) is 8.69. The Labute approximate surface area is 76.5 Å². The van der Waals surface area contributed by atoms with Crippen LogP contribution in [0.2, 0.25) is 0 Å². The van der Waals surface area contributed by atoms with E-state index in [1.54, 1.807) is 0 Å². The van der Waals surface area contributed by atoms with Gasteiger partial charge in [0.1, 0.15) is 0 Å². The number of nitrogens with zero attached hydrogens (tertiary/aromatic N) is 1. The normalized spacial score (nSPS) is 23.9. The lowest BCUT2D eigenvalue weighted by Crippen LogP contribution is -2.29. The molecular weight excluding hydrogens is 146 g/mol. The van der Waals surface area contributed by atoms with Gasteiger partial charge in [0, 0.05) is 24.2 Å². The molecule has 1 nitrogen and oxygen atoms in total. The number of hydrogen-bond donors (Lipinski definition) is 0. The van der Waals surface area contributed by atoms with Crippen LogP contribution in [0.15, 0.2) is 12.3 Å². The largest absolute Gasteiger partial charge is 0.375 e. The molecule has 0 spiro atoms. The van der Waals surface area contributed by atoms with Gasteiger partial charge < -0.3 is 4.90 Å². The lowest BCUT2D eigenvalue weighted by atomic mass is 9.85. The van der Waals surface area contributed by atoms with E-state index in [0.717, 1.165) is 6.54 Å². The molecule has 1 heterocycles. The third-order valence-electron chi connectivity index (χ3n) is 3.02. The van der Waals surface area contributed by atoms with Gasteiger partial charge in [0.15, 0.2) is 0 Å². The summed E-state index contributed by atoms with van der Waals surface area (Å²) in [6.45, 7) is 13.4. The topological polar surface area (TPSA) is 3.24 Å². The molecule has 12 heavy (non-hydrogen) atoms. The first-order valence-corrected chi connectivity index (χ1v) is 5.02. The van der Waals surface area contributed by atoms with Crippen LogP contribution in [0.25, 0.3) is 0 Å². The number of rotatable bonds is 1. The molecule has 0 bridgehead atoms. The summed E-state index contributed by atoms with van der Waals surface area (Å²) in [6, 6.07) is 0. The Hall–Kier alpha value is -0.460. The second-order valence-corrected chi connectivity index (χ2v) is 4.37. The molecule has 0 aliphatic carbocycles. The van der Waals surface area contributed by atoms with Crippen molar-refractivity contribution in [2.45, 2.75) is 40.0 Å². The smallest absolute Gasteiger partial charge is 0.0174 e. The Morgan fingerprint density at radius 1 is 1.42 bits per heavy atom. The highest BCUT2D eigenvalue weighted by molar-refractivity contribution is 5.07. The summed E-state index contributed by atoms with van der Waals surface area (Å²) in [4.78, 5) is 2.42. The van der Waals surface area contributed by atoms with E-state index in [4.69, 9.17) is 0 Å². The summed E-state index contributed by atoms with van der Waals surface area (Å²) in [5.74, 6) is 0. The summed E-state index contributed by atoms with van der Waals surface area (Å²) >= 11 is 0. The van der Waals surface area contributed by atoms with Gasteiger partial charge in [-0.2, -0.15) is 0 Å². The highest BCUT2D eigenvalue weighted by Gasteiger charge is 2.27. The average Bonchev–Trinajstić information content (AvgIpc) is 2.14. The van der Waals surface area contributed by atoms with Crippen LogP contribution in [-0.2, 0) is 0 Å². The fraction of sp³-hybridized carbons (Fsp3) is 0.818. The van der Waals surface area contributed by atoms with Crippen LogP contribution in [0.4, 0.5) is 0 Å². The summed E-state index contributed by atoms with van der Waals surface area (Å²) in [6.07, 6.45) is 3.97. The average molecular weight is 167 g/mol. The van der Waals surface area contributed by atoms with Crippen LogP contribution in [0.3, 0.4) is 0 Å². The van der Waals surface area contributed by atoms with Gasteiger partial charge in [0.25, 0.3) is 0 Å². The van der Waals surface area contributed by atoms with Crippen molar-refractivity contribution in [3.05, 3.63) is 12.3 Å². The number of hydrogen-bond acceptors (Lipinski definition) is 1. The summed E-state index contributed by atoms with van der Waals surface area (Å²) in [5.41, 5.74) is 1.66. The van der Waals surface area contributed by atoms with Crippen LogP contribution in [0, 0.1) is 5.41 Å². The van der Waals surface area contributed by atoms with Gasteiger partial charge in [0.05, 0.1) is 0 Å². The molecular formula is C11H21N. The Bertz CT molecular complexity index is 170. The Kier molecular flexibility index (Phi) is 2.81. The van der Waals surface area contributed by atoms with E-state index in [1.807, 2.05) is 0 Å². The fourth-order valence-corrected chi connectivity index (χ4v) is 1.93. The predicted molar refractivity (Wildman–Crippen MR) is 54.0 cm³/mol. The molecule has 0 radical (unpaired) electrons. The van der Waals surface area contributed by atoms with Crippen LogP contribution in [-0.4, -0.2) is 18.0 Å². The first-order valence-electron chi connectivity index (χ1n) is 5.02. The predicted octanol–water partition coefficient (Wildman–Crippen LogP) is 3.03. The highest BCUT2D eigenvalue weighted by Crippen LogP contribution is 2.35. The quantitative estimate of drug-likeness (QED) is 0.580. The fourth-order valence-electron chi connectivity index (χ4n) is 1.93. The summed E-state index contributed by atoms with van der Waals surface area (Å²) in [5, 5.41) is 0. The zero-order chi connectivity index (χ0) is 9.19. The SMILES string of the molecule is C=C1N(CC)CCCCC1(C)C. The second-order valence-electron chi connectivity index (χ2n) is 4.37. The van der Waals surface area contributed by atoms with Crippen LogP contribution in [0.1, 0.15) is 40.0 Å². The van der Waals surface area contributed by atoms with Crippen molar-refractivity contribution in [1.29, 1.82) is 0 Å². The summed E-state index contributed by atoms with van der Waals surface area (Å²) in [7, 11) is 0. The number of likely N-dealkylation sites (tertiary alicyclic amines) is 1. The molecule has 1 aliphatic heterocycles. The molecule has 0 atom stereocenters. The highest BCUT2D eigenvalue weighted by atomic mass is 15.1. The Balaban J connectivity index is 2.73. The molecule has 0 aromatic rings. The van der Waals surface area contributed by atoms with Gasteiger partial charge in [-0.25, -0.2) is 0 Å². The van der Waals surface area contributed by atoms with Crippen LogP contribution in [0.5, 0.6) is 0 Å². The van der Waals surface area contributed by atoms with Gasteiger partial charge in [-0.05, 0) is 19.8 Å². The van der Waals surface area contributed by atoms with Crippen LogP contribution < -0.4 is 0 Å². The maximum Gasteiger partial charge on any atom is 0.0174 e. The minimum absolute atomic E-state index is 0.326. The standard InChI is InChI=1S/C11H21N/c1-5-12-9-7-6-8-11(3,4)10(12)2/h2,5-9H2,1,3-4H3. The summed E-state index contributed by atoms with van der Waals surface area (Å²) < 4.78 is 0. The third kappa shape index (κ3) is 1.82. The van der Waals surface area contributed by atoms with E-state index in [2.05, 4.69) is 32.3 Å². The third-order valence-corrected chi connectivity index (χ3v) is 3.02. The molecule has 1 rings (SSSR count). The maximum atomic E-state index is 4.21. The molecule has 0 saturated carbocycles. The van der Waals surface area contributed by atoms with Crippen LogP contribution >= 0.6 is 0 Å². The molecule has 0 aromatic heterocycles. The second kappa shape index (κ2) is 3.51. The molecule has 1 heteroatoms. The van der Waals surface area contributed by atoms with Crippen molar-refractivity contribution in [2.24, 2.45) is 5.41 Å². The first kappa shape index (κ1) is 9.63. The Morgan fingerprint density at radius 3 is 2.67 bits per heavy atom. The van der Waals surface area contributed by atoms with E-state index in [0.29, 0.717) is 5.41 Å². The monoisotopic (exact) mass is 167 g/mol. The van der Waals surface area contributed by atoms with E-state index in [1.165, 1.54) is 31.5 Å². The minimum atomic E-state index is 0.326. The molecule has 1 saturated heterocycles. The lowest BCUT2D eigenvalue weighted by molar-refractivity contribution is 0.287. The van der Waals surface area contributed by atoms with Gasteiger partial charge in [0.2, 0.25) is 0 Å². The van der Waals surface area contributed by atoms with Crippen molar-refractivity contribution < 1.29 is 0 Å². The van der Waals surface area contributed by atoms with Crippen molar-refractivity contribution in [2.75, 3.05) is 13.1 Å². The molecule has 0 aromatic carbocycles. The van der Waals surface area contributed by atoms with Crippen molar-refractivity contribution >= 4 is 0 Å². The lowest BCUT2D eigenvalue weighted by Gasteiger charge is -2.33. The van der Waals surface area contributed by atoms with Crippen molar-refractivity contribution in [3.63, 3.8) is 0 Å². The van der Waals surface area contributed by atoms with Crippen molar-refractivity contribution in [1.82, 2.24) is 4.90 Å². The molecule has 70 valence electrons. The number of allylic oxidation sites excluding steroid dienone is 1. The molecule has 0 N–H and O–H groups in total. The van der Waals surface area contributed by atoms with Gasteiger partial charge in [-0.15, -0.1) is 0 Å². The Morgan fingerprint density at radius 2 is 2.08 bits per heavy atom. The van der Waals surface area contributed by atoms with Gasteiger partial charge in [-0.3, -0.25) is 0 Å². The van der Waals surface area contributed by atoms with E-state index < -0.39 is 0 Å². The van der Waals surface area contributed by atoms with E-state index in [9.17, 15) is 0 Å². The van der Waals surface area contributed by atoms with E-state index >= 15 is 0 Å². The molecule has 1 fully saturated rings. The zero-order valence-corrected chi connectivity index (χ0v) is 8.69.